The maximum atomic E-state index is 10.1. The molecule has 18 rings (SSSR count). The molecule has 18 nitrogen and oxygen atoms in total. The van der Waals surface area contributed by atoms with Crippen LogP contribution in [0.5, 0.6) is 0 Å². The van der Waals surface area contributed by atoms with Gasteiger partial charge >= 0.3 is 0 Å². The standard InChI is InChI=1S/6C18H15S.6FHO3S/c6*1-4-10-16(11-5-1)19(17-12-6-2-7-13-17)18-14-8-3-9-15-18;6*1-5(2,3)4/h6*1-15H;6*(H,2,3,4)/q6*+1;;;;;;/p-6. The number of halogens is 6. The molecule has 18 aromatic carbocycles. The van der Waals surface area contributed by atoms with Gasteiger partial charge in [0.25, 0.3) is 63.0 Å². The molecule has 144 heavy (non-hydrogen) atoms. The molecule has 0 aliphatic rings. The summed E-state index contributed by atoms with van der Waals surface area (Å²) in [4.78, 5) is 24.5. The second-order valence-corrected chi connectivity index (χ2v) is 44.7. The second-order valence-electron chi connectivity index (χ2n) is 27.8. The largest absolute Gasteiger partial charge is 0.722 e. The molecule has 18 aromatic rings. The molecule has 0 aliphatic heterocycles. The van der Waals surface area contributed by atoms with Crippen molar-refractivity contribution in [3.05, 3.63) is 546 Å². The number of rotatable bonds is 18. The molecule has 0 aromatic heterocycles. The fourth-order valence-corrected chi connectivity index (χ4v) is 25.1. The maximum absolute atomic E-state index is 10.1. The third-order valence-corrected chi connectivity index (χ3v) is 31.0. The predicted octanol–water partition coefficient (Wildman–Crippen LogP) is 25.2. The number of hydrogen-bond acceptors (Lipinski definition) is 18. The molecular formula is C108H90F6O18S12. The van der Waals surface area contributed by atoms with Gasteiger partial charge in [-0.3, -0.25) is 0 Å². The van der Waals surface area contributed by atoms with Crippen LogP contribution in [0.15, 0.2) is 634 Å². The van der Waals surface area contributed by atoms with Crippen LogP contribution in [-0.4, -0.2) is 77.8 Å². The molecule has 0 radical (unpaired) electrons. The molecule has 0 aliphatic carbocycles. The van der Waals surface area contributed by atoms with Gasteiger partial charge in [0.15, 0.2) is 88.1 Å². The lowest BCUT2D eigenvalue weighted by Crippen LogP contribution is -2.04. The van der Waals surface area contributed by atoms with Gasteiger partial charge < -0.3 is 27.3 Å². The molecule has 0 bridgehead atoms. The SMILES string of the molecule is O=S(=O)([O-])F.O=S(=O)([O-])F.O=S(=O)([O-])F.O=S(=O)([O-])F.O=S(=O)([O-])F.O=S(=O)([O-])F.c1ccc([S+](c2ccccc2)c2ccccc2)cc1.c1ccc([S+](c2ccccc2)c2ccccc2)cc1.c1ccc([S+](c2ccccc2)c2ccccc2)cc1.c1ccc([S+](c2ccccc2)c2ccccc2)cc1.c1ccc([S+](c2ccccc2)c2ccccc2)cc1.c1ccc([S+](c2ccccc2)c2ccccc2)cc1. The van der Waals surface area contributed by atoms with Crippen LogP contribution in [0, 0.1) is 0 Å². The highest BCUT2D eigenvalue weighted by atomic mass is 32.3. The molecule has 744 valence electrons. The third-order valence-electron chi connectivity index (χ3n) is 17.6. The van der Waals surface area contributed by atoms with E-state index in [9.17, 15) is 23.3 Å². The number of benzene rings is 18. The van der Waals surface area contributed by atoms with Gasteiger partial charge in [0, 0.05) is 0 Å². The zero-order valence-corrected chi connectivity index (χ0v) is 85.3. The van der Waals surface area contributed by atoms with E-state index < -0.39 is 63.0 Å². The Morgan fingerprint density at radius 3 is 0.174 bits per heavy atom. The Labute approximate surface area is 856 Å². The first-order valence-corrected chi connectivity index (χ1v) is 57.2. The van der Waals surface area contributed by atoms with E-state index in [0.717, 1.165) is 0 Å². The summed E-state index contributed by atoms with van der Waals surface area (Å²) in [7, 11) is -32.6. The van der Waals surface area contributed by atoms with E-state index in [4.69, 9.17) is 77.8 Å². The van der Waals surface area contributed by atoms with Crippen molar-refractivity contribution in [1.29, 1.82) is 0 Å². The first-order valence-electron chi connectivity index (χ1n) is 42.0. The van der Waals surface area contributed by atoms with Crippen molar-refractivity contribution in [3.8, 4) is 0 Å². The Kier molecular flexibility index (Phi) is 51.9. The van der Waals surface area contributed by atoms with Gasteiger partial charge in [-0.25, -0.2) is 50.5 Å². The normalized spacial score (nSPS) is 10.8. The molecule has 0 N–H and O–H groups in total. The summed E-state index contributed by atoms with van der Waals surface area (Å²) in [5.74, 6) is 0. The highest BCUT2D eigenvalue weighted by Crippen LogP contribution is 2.37. The Morgan fingerprint density at radius 1 is 0.104 bits per heavy atom. The third kappa shape index (κ3) is 51.4. The first-order chi connectivity index (χ1) is 68.7. The van der Waals surface area contributed by atoms with Gasteiger partial charge in [0.2, 0.25) is 0 Å². The molecule has 0 saturated carbocycles. The van der Waals surface area contributed by atoms with Gasteiger partial charge in [0.05, 0.1) is 65.4 Å². The minimum absolute atomic E-state index is 0.0146. The van der Waals surface area contributed by atoms with E-state index in [-0.39, 0.29) is 65.4 Å². The molecule has 0 saturated heterocycles. The fraction of sp³-hybridized carbons (Fsp3) is 0. The first kappa shape index (κ1) is 118. The van der Waals surface area contributed by atoms with Crippen molar-refractivity contribution in [2.45, 2.75) is 88.1 Å². The molecule has 0 fully saturated rings. The van der Waals surface area contributed by atoms with E-state index in [1.807, 2.05) is 0 Å². The van der Waals surface area contributed by atoms with Gasteiger partial charge in [-0.15, -0.1) is 23.3 Å². The summed E-state index contributed by atoms with van der Waals surface area (Å²) in [5, 5.41) is 0. The Bertz CT molecular complexity index is 5580. The van der Waals surface area contributed by atoms with Crippen molar-refractivity contribution in [1.82, 2.24) is 0 Å². The average molecular weight is 2170 g/mol. The van der Waals surface area contributed by atoms with Crippen LogP contribution in [0.4, 0.5) is 23.3 Å². The van der Waals surface area contributed by atoms with Crippen LogP contribution in [0.25, 0.3) is 0 Å². The maximum Gasteiger partial charge on any atom is 0.255 e. The molecule has 0 heterocycles. The van der Waals surface area contributed by atoms with Gasteiger partial charge in [-0.05, 0) is 218 Å². The van der Waals surface area contributed by atoms with Gasteiger partial charge in [-0.2, -0.15) is 0 Å². The van der Waals surface area contributed by atoms with Crippen LogP contribution >= 0.6 is 0 Å². The zero-order chi connectivity index (χ0) is 104. The second kappa shape index (κ2) is 63.3. The lowest BCUT2D eigenvalue weighted by atomic mass is 10.4. The quantitative estimate of drug-likeness (QED) is 0.0333. The van der Waals surface area contributed by atoms with Crippen molar-refractivity contribution in [2.24, 2.45) is 0 Å². The fourth-order valence-electron chi connectivity index (χ4n) is 12.5. The molecule has 36 heteroatoms. The predicted molar refractivity (Wildman–Crippen MR) is 554 cm³/mol. The van der Waals surface area contributed by atoms with Crippen LogP contribution in [0.1, 0.15) is 0 Å². The van der Waals surface area contributed by atoms with Crippen LogP contribution in [0.2, 0.25) is 0 Å². The molecule has 0 unspecified atom stereocenters. The molecule has 0 spiro atoms. The van der Waals surface area contributed by atoms with E-state index in [2.05, 4.69) is 546 Å². The topological polar surface area (TPSA) is 343 Å². The number of hydrogen-bond donors (Lipinski definition) is 0. The summed E-state index contributed by atoms with van der Waals surface area (Å²) >= 11 is 0. The Balaban J connectivity index is 0.000000221. The summed E-state index contributed by atoms with van der Waals surface area (Å²) in [6.07, 6.45) is 0. The molecule has 0 atom stereocenters. The monoisotopic (exact) mass is 2170 g/mol. The Morgan fingerprint density at radius 2 is 0.139 bits per heavy atom. The highest BCUT2D eigenvalue weighted by Gasteiger charge is 2.33. The van der Waals surface area contributed by atoms with Crippen molar-refractivity contribution in [2.75, 3.05) is 0 Å². The van der Waals surface area contributed by atoms with E-state index in [0.29, 0.717) is 0 Å². The van der Waals surface area contributed by atoms with E-state index in [1.165, 1.54) is 88.1 Å². The van der Waals surface area contributed by atoms with Crippen LogP contribution < -0.4 is 0 Å². The van der Waals surface area contributed by atoms with Gasteiger partial charge in [0.1, 0.15) is 0 Å². The smallest absolute Gasteiger partial charge is 0.255 e. The van der Waals surface area contributed by atoms with Gasteiger partial charge in [-0.1, -0.05) is 328 Å². The lowest BCUT2D eigenvalue weighted by molar-refractivity contribution is 0.414. The highest BCUT2D eigenvalue weighted by molar-refractivity contribution is 7.98. The summed E-state index contributed by atoms with van der Waals surface area (Å²) in [6, 6.07) is 193. The average Bonchev–Trinajstić information content (AvgIpc) is 0.844. The Hall–Kier alpha value is -12.9. The summed E-state index contributed by atoms with van der Waals surface area (Å²) < 4.78 is 212. The lowest BCUT2D eigenvalue weighted by Gasteiger charge is -2.07. The molecular weight excluding hydrogens is 2080 g/mol. The van der Waals surface area contributed by atoms with Crippen molar-refractivity contribution >= 4 is 128 Å². The van der Waals surface area contributed by atoms with Crippen LogP contribution in [-0.2, 0) is 128 Å². The van der Waals surface area contributed by atoms with E-state index in [1.54, 1.807) is 0 Å². The van der Waals surface area contributed by atoms with Crippen molar-refractivity contribution in [3.63, 3.8) is 0 Å². The minimum Gasteiger partial charge on any atom is -0.722 e. The summed E-state index contributed by atoms with van der Waals surface area (Å²) in [6.45, 7) is 0. The minimum atomic E-state index is -5.42. The van der Waals surface area contributed by atoms with Crippen molar-refractivity contribution < 1.29 is 101 Å². The summed E-state index contributed by atoms with van der Waals surface area (Å²) in [5.41, 5.74) is 0. The molecule has 0 amide bonds. The van der Waals surface area contributed by atoms with E-state index >= 15 is 0 Å². The van der Waals surface area contributed by atoms with Crippen LogP contribution in [0.3, 0.4) is 0 Å². The zero-order valence-electron chi connectivity index (χ0n) is 75.5.